The maximum Gasteiger partial charge on any atom is 0.326 e. The summed E-state index contributed by atoms with van der Waals surface area (Å²) < 4.78 is 9.58. The highest BCUT2D eigenvalue weighted by Crippen LogP contribution is 2.37. The first kappa shape index (κ1) is 32.1. The third-order valence-electron chi connectivity index (χ3n) is 7.72. The molecule has 0 aliphatic heterocycles. The highest BCUT2D eigenvalue weighted by atomic mass is 16.5. The molecule has 224 valence electrons. The van der Waals surface area contributed by atoms with E-state index in [1.807, 2.05) is 0 Å². The van der Waals surface area contributed by atoms with Crippen LogP contribution >= 0.6 is 0 Å². The van der Waals surface area contributed by atoms with Crippen LogP contribution in [0.5, 0.6) is 0 Å². The number of amides is 2. The summed E-state index contributed by atoms with van der Waals surface area (Å²) in [5.74, 6) is -5.02. The van der Waals surface area contributed by atoms with Gasteiger partial charge in [0.1, 0.15) is 11.1 Å². The fourth-order valence-electron chi connectivity index (χ4n) is 4.76. The van der Waals surface area contributed by atoms with Crippen molar-refractivity contribution in [1.82, 2.24) is 0 Å². The Hall–Kier alpha value is -4.42. The molecule has 12 heteroatoms. The molecular weight excluding hydrogens is 544 g/mol. The lowest BCUT2D eigenvalue weighted by Gasteiger charge is -2.30. The van der Waals surface area contributed by atoms with Crippen LogP contribution in [0.15, 0.2) is 36.4 Å². The number of nitrogens with one attached hydrogen (secondary N) is 2. The molecule has 2 amide bonds. The van der Waals surface area contributed by atoms with E-state index in [1.54, 1.807) is 39.8 Å². The largest absolute Gasteiger partial charge is 0.468 e. The van der Waals surface area contributed by atoms with Gasteiger partial charge in [-0.2, -0.15) is 0 Å². The average molecular weight is 581 g/mol. The molecule has 42 heavy (non-hydrogen) atoms. The van der Waals surface area contributed by atoms with E-state index < -0.39 is 71.1 Å². The van der Waals surface area contributed by atoms with Crippen LogP contribution in [0.3, 0.4) is 0 Å². The minimum Gasteiger partial charge on any atom is -0.468 e. The molecular formula is C30H36N4O8. The summed E-state index contributed by atoms with van der Waals surface area (Å²) in [6.45, 7) is 6.66. The molecule has 3 rings (SSSR count). The molecule has 6 N–H and O–H groups in total. The Morgan fingerprint density at radius 1 is 0.690 bits per heavy atom. The first-order valence-electron chi connectivity index (χ1n) is 13.3. The molecule has 0 radical (unpaired) electrons. The smallest absolute Gasteiger partial charge is 0.326 e. The molecule has 0 heterocycles. The van der Waals surface area contributed by atoms with Crippen molar-refractivity contribution < 1.29 is 38.2 Å². The molecule has 2 aromatic carbocycles. The van der Waals surface area contributed by atoms with Crippen molar-refractivity contribution in [3.63, 3.8) is 0 Å². The molecule has 0 bridgehead atoms. The normalized spacial score (nSPS) is 15.2. The van der Waals surface area contributed by atoms with Gasteiger partial charge in [0.15, 0.2) is 11.6 Å². The fourth-order valence-corrected chi connectivity index (χ4v) is 4.76. The molecule has 0 saturated heterocycles. The maximum atomic E-state index is 13.7. The van der Waals surface area contributed by atoms with Crippen LogP contribution in [0.1, 0.15) is 72.4 Å². The van der Waals surface area contributed by atoms with E-state index in [1.165, 1.54) is 24.3 Å². The Labute approximate surface area is 243 Å². The van der Waals surface area contributed by atoms with Crippen LogP contribution in [0, 0.1) is 11.8 Å². The lowest BCUT2D eigenvalue weighted by molar-refractivity contribution is -0.151. The number of hydrogen-bond acceptors (Lipinski definition) is 10. The van der Waals surface area contributed by atoms with Gasteiger partial charge in [0.25, 0.3) is 0 Å². The molecule has 0 spiro atoms. The number of benzene rings is 2. The number of carbonyl (C=O) groups is 6. The van der Waals surface area contributed by atoms with Crippen molar-refractivity contribution in [2.75, 3.05) is 24.9 Å². The van der Waals surface area contributed by atoms with Gasteiger partial charge >= 0.3 is 11.9 Å². The molecule has 0 aromatic heterocycles. The van der Waals surface area contributed by atoms with Crippen LogP contribution < -0.4 is 22.1 Å². The minimum atomic E-state index is -1.65. The summed E-state index contributed by atoms with van der Waals surface area (Å²) in [5.41, 5.74) is 9.08. The first-order chi connectivity index (χ1) is 19.6. The van der Waals surface area contributed by atoms with Crippen LogP contribution in [0.2, 0.25) is 0 Å². The number of rotatable bonds is 10. The summed E-state index contributed by atoms with van der Waals surface area (Å²) in [4.78, 5) is 78.4. The highest BCUT2D eigenvalue weighted by molar-refractivity contribution is 6.32. The zero-order valence-electron chi connectivity index (χ0n) is 24.5. The monoisotopic (exact) mass is 580 g/mol. The zero-order chi connectivity index (χ0) is 31.6. The van der Waals surface area contributed by atoms with Gasteiger partial charge in [-0.15, -0.1) is 0 Å². The average Bonchev–Trinajstić information content (AvgIpc) is 2.94. The predicted octanol–water partition coefficient (Wildman–Crippen LogP) is 2.17. The molecule has 1 aliphatic carbocycles. The van der Waals surface area contributed by atoms with Crippen LogP contribution in [-0.4, -0.2) is 60.6 Å². The lowest BCUT2D eigenvalue weighted by Crippen LogP contribution is -2.55. The van der Waals surface area contributed by atoms with Gasteiger partial charge in [0.2, 0.25) is 11.8 Å². The number of nitrogens with two attached hydrogens (primary N) is 2. The Morgan fingerprint density at radius 3 is 1.31 bits per heavy atom. The van der Waals surface area contributed by atoms with Crippen molar-refractivity contribution in [2.24, 2.45) is 23.3 Å². The van der Waals surface area contributed by atoms with Gasteiger partial charge < -0.3 is 31.6 Å². The van der Waals surface area contributed by atoms with Gasteiger partial charge in [-0.05, 0) is 24.0 Å². The Bertz CT molecular complexity index is 1360. The van der Waals surface area contributed by atoms with E-state index in [9.17, 15) is 28.8 Å². The third kappa shape index (κ3) is 5.81. The molecule has 0 saturated carbocycles. The molecule has 2 aromatic rings. The number of methoxy groups -OCH3 is 2. The second-order valence-corrected chi connectivity index (χ2v) is 10.9. The molecule has 0 fully saturated rings. The molecule has 1 aliphatic rings. The van der Waals surface area contributed by atoms with E-state index >= 15 is 0 Å². The standard InChI is InChI=1S/C30H36N4O8/c1-15(2)29(31,27(39)41-5)13-21(35)33-19-11-12-20(34-22(36)14-30(32,16(3)4)28(40)42-6)24-23(19)25(37)17-9-7-8-10-18(17)26(24)38/h7-12,15-16H,13-14,31-32H2,1-6H3,(H,33,35)(H,34,36)/t29-,30-/m1/s1. The fraction of sp³-hybridized carbons (Fsp3) is 0.400. The Morgan fingerprint density at radius 2 is 1.02 bits per heavy atom. The number of ketones is 2. The number of carbonyl (C=O) groups excluding carboxylic acids is 6. The molecule has 0 unspecified atom stereocenters. The number of hydrogen-bond donors (Lipinski definition) is 4. The lowest BCUT2D eigenvalue weighted by atomic mass is 9.81. The highest BCUT2D eigenvalue weighted by Gasteiger charge is 2.43. The van der Waals surface area contributed by atoms with Gasteiger partial charge in [-0.3, -0.25) is 28.8 Å². The van der Waals surface area contributed by atoms with E-state index in [4.69, 9.17) is 20.9 Å². The van der Waals surface area contributed by atoms with E-state index in [0.29, 0.717) is 0 Å². The van der Waals surface area contributed by atoms with E-state index in [0.717, 1.165) is 14.2 Å². The number of ether oxygens (including phenoxy) is 2. The quantitative estimate of drug-likeness (QED) is 0.258. The van der Waals surface area contributed by atoms with Gasteiger partial charge in [0, 0.05) is 11.1 Å². The van der Waals surface area contributed by atoms with Crippen molar-refractivity contribution in [1.29, 1.82) is 0 Å². The molecule has 12 nitrogen and oxygen atoms in total. The summed E-state index contributed by atoms with van der Waals surface area (Å²) in [7, 11) is 2.33. The Balaban J connectivity index is 2.06. The van der Waals surface area contributed by atoms with Crippen LogP contribution in [-0.2, 0) is 28.7 Å². The number of esters is 2. The third-order valence-corrected chi connectivity index (χ3v) is 7.72. The van der Waals surface area contributed by atoms with Crippen molar-refractivity contribution in [2.45, 2.75) is 51.6 Å². The second-order valence-electron chi connectivity index (χ2n) is 10.9. The van der Waals surface area contributed by atoms with E-state index in [2.05, 4.69) is 10.6 Å². The number of anilines is 2. The van der Waals surface area contributed by atoms with Gasteiger partial charge in [0.05, 0.1) is 49.6 Å². The van der Waals surface area contributed by atoms with Crippen molar-refractivity contribution in [3.05, 3.63) is 58.7 Å². The SMILES string of the molecule is COC(=O)[C@@](N)(CC(=O)Nc1ccc(NC(=O)C[C@](N)(C(=O)OC)C(C)C)c2c1C(=O)c1ccccc1C2=O)C(C)C. The first-order valence-corrected chi connectivity index (χ1v) is 13.3. The van der Waals surface area contributed by atoms with Gasteiger partial charge in [-0.25, -0.2) is 0 Å². The summed E-state index contributed by atoms with van der Waals surface area (Å²) >= 11 is 0. The second kappa shape index (κ2) is 12.2. The zero-order valence-corrected chi connectivity index (χ0v) is 24.5. The van der Waals surface area contributed by atoms with Crippen molar-refractivity contribution >= 4 is 46.7 Å². The van der Waals surface area contributed by atoms with E-state index in [-0.39, 0.29) is 33.6 Å². The maximum absolute atomic E-state index is 13.7. The number of fused-ring (bicyclic) bond motifs is 2. The predicted molar refractivity (Wildman–Crippen MR) is 154 cm³/mol. The summed E-state index contributed by atoms with van der Waals surface area (Å²) in [6.07, 6.45) is -0.935. The van der Waals surface area contributed by atoms with Crippen molar-refractivity contribution in [3.8, 4) is 0 Å². The minimum absolute atomic E-state index is 0.0123. The van der Waals surface area contributed by atoms with Crippen LogP contribution in [0.25, 0.3) is 0 Å². The Kier molecular flexibility index (Phi) is 9.33. The van der Waals surface area contributed by atoms with Crippen LogP contribution in [0.4, 0.5) is 11.4 Å². The van der Waals surface area contributed by atoms with Gasteiger partial charge in [-0.1, -0.05) is 52.0 Å². The molecule has 2 atom stereocenters. The topological polar surface area (TPSA) is 197 Å². The summed E-state index contributed by atoms with van der Waals surface area (Å²) in [6, 6.07) is 8.88. The summed E-state index contributed by atoms with van der Waals surface area (Å²) in [5, 5.41) is 5.21.